The Morgan fingerprint density at radius 1 is 1.39 bits per heavy atom. The lowest BCUT2D eigenvalue weighted by atomic mass is 10.2. The predicted molar refractivity (Wildman–Crippen MR) is 73.3 cm³/mol. The van der Waals surface area contributed by atoms with Gasteiger partial charge in [0.15, 0.2) is 0 Å². The van der Waals surface area contributed by atoms with Crippen molar-refractivity contribution in [2.75, 3.05) is 18.5 Å². The van der Waals surface area contributed by atoms with Gasteiger partial charge in [-0.3, -0.25) is 4.79 Å². The van der Waals surface area contributed by atoms with E-state index in [9.17, 15) is 4.79 Å². The van der Waals surface area contributed by atoms with Crippen molar-refractivity contribution in [3.05, 3.63) is 29.8 Å². The molecule has 0 fully saturated rings. The van der Waals surface area contributed by atoms with Crippen molar-refractivity contribution in [2.24, 2.45) is 5.73 Å². The van der Waals surface area contributed by atoms with Crippen molar-refractivity contribution in [3.63, 3.8) is 0 Å². The van der Waals surface area contributed by atoms with E-state index in [1.807, 2.05) is 24.3 Å². The molecule has 1 aromatic carbocycles. The lowest BCUT2D eigenvalue weighted by Gasteiger charge is -2.07. The average molecular weight is 250 g/mol. The molecule has 1 rings (SSSR count). The molecule has 0 heterocycles. The molecule has 4 nitrogen and oxygen atoms in total. The topological polar surface area (TPSA) is 64.3 Å². The van der Waals surface area contributed by atoms with E-state index in [-0.39, 0.29) is 12.5 Å². The second kappa shape index (κ2) is 8.66. The number of anilines is 1. The molecule has 0 bridgehead atoms. The van der Waals surface area contributed by atoms with Gasteiger partial charge in [-0.25, -0.2) is 0 Å². The van der Waals surface area contributed by atoms with Gasteiger partial charge in [-0.15, -0.1) is 0 Å². The molecule has 0 atom stereocenters. The SMILES string of the molecule is CCCCCOCC(=O)Nc1cccc(CN)c1. The number of unbranched alkanes of at least 4 members (excludes halogenated alkanes) is 2. The van der Waals surface area contributed by atoms with Crippen LogP contribution in [0.1, 0.15) is 31.7 Å². The molecule has 0 aliphatic heterocycles. The highest BCUT2D eigenvalue weighted by molar-refractivity contribution is 5.91. The molecular formula is C14H22N2O2. The van der Waals surface area contributed by atoms with Gasteiger partial charge in [0, 0.05) is 18.8 Å². The number of hydrogen-bond acceptors (Lipinski definition) is 3. The van der Waals surface area contributed by atoms with Crippen molar-refractivity contribution < 1.29 is 9.53 Å². The first-order valence-electron chi connectivity index (χ1n) is 6.43. The van der Waals surface area contributed by atoms with Crippen LogP contribution in [-0.4, -0.2) is 19.1 Å². The summed E-state index contributed by atoms with van der Waals surface area (Å²) >= 11 is 0. The van der Waals surface area contributed by atoms with Gasteiger partial charge in [0.1, 0.15) is 6.61 Å². The summed E-state index contributed by atoms with van der Waals surface area (Å²) in [7, 11) is 0. The van der Waals surface area contributed by atoms with Crippen molar-refractivity contribution in [1.29, 1.82) is 0 Å². The van der Waals surface area contributed by atoms with Crippen LogP contribution in [-0.2, 0) is 16.1 Å². The molecule has 0 unspecified atom stereocenters. The number of carbonyl (C=O) groups excluding carboxylic acids is 1. The minimum absolute atomic E-state index is 0.108. The number of amides is 1. The molecule has 3 N–H and O–H groups in total. The first-order chi connectivity index (χ1) is 8.76. The number of carbonyl (C=O) groups is 1. The van der Waals surface area contributed by atoms with Gasteiger partial charge in [0.05, 0.1) is 0 Å². The Kier molecular flexibility index (Phi) is 7.06. The molecule has 1 aromatic rings. The molecule has 18 heavy (non-hydrogen) atoms. The average Bonchev–Trinajstić information content (AvgIpc) is 2.38. The number of rotatable bonds is 8. The van der Waals surface area contributed by atoms with Crippen molar-refractivity contribution in [1.82, 2.24) is 0 Å². The van der Waals surface area contributed by atoms with Crippen LogP contribution in [0.5, 0.6) is 0 Å². The third-order valence-corrected chi connectivity index (χ3v) is 2.57. The Labute approximate surface area is 109 Å². The molecular weight excluding hydrogens is 228 g/mol. The van der Waals surface area contributed by atoms with E-state index in [4.69, 9.17) is 10.5 Å². The van der Waals surface area contributed by atoms with E-state index in [1.165, 1.54) is 0 Å². The largest absolute Gasteiger partial charge is 0.372 e. The van der Waals surface area contributed by atoms with Gasteiger partial charge in [0.25, 0.3) is 0 Å². The van der Waals surface area contributed by atoms with Crippen LogP contribution in [0.15, 0.2) is 24.3 Å². The van der Waals surface area contributed by atoms with E-state index in [2.05, 4.69) is 12.2 Å². The van der Waals surface area contributed by atoms with Crippen LogP contribution in [0.2, 0.25) is 0 Å². The Morgan fingerprint density at radius 2 is 2.22 bits per heavy atom. The zero-order chi connectivity index (χ0) is 13.2. The summed E-state index contributed by atoms with van der Waals surface area (Å²) in [6.45, 7) is 3.36. The second-order valence-corrected chi connectivity index (χ2v) is 4.21. The number of hydrogen-bond donors (Lipinski definition) is 2. The number of nitrogens with two attached hydrogens (primary N) is 1. The molecule has 4 heteroatoms. The maximum absolute atomic E-state index is 11.6. The molecule has 100 valence electrons. The summed E-state index contributed by atoms with van der Waals surface area (Å²) in [5, 5.41) is 2.79. The molecule has 0 saturated carbocycles. The Balaban J connectivity index is 2.26. The molecule has 0 spiro atoms. The Bertz CT molecular complexity index is 367. The van der Waals surface area contributed by atoms with E-state index in [0.29, 0.717) is 13.2 Å². The summed E-state index contributed by atoms with van der Waals surface area (Å²) in [6.07, 6.45) is 3.30. The standard InChI is InChI=1S/C14H22N2O2/c1-2-3-4-8-18-11-14(17)16-13-7-5-6-12(9-13)10-15/h5-7,9H,2-4,8,10-11,15H2,1H3,(H,16,17). The van der Waals surface area contributed by atoms with Crippen LogP contribution in [0.4, 0.5) is 5.69 Å². The third kappa shape index (κ3) is 5.80. The van der Waals surface area contributed by atoms with Crippen molar-refractivity contribution in [3.8, 4) is 0 Å². The van der Waals surface area contributed by atoms with E-state index in [1.54, 1.807) is 0 Å². The highest BCUT2D eigenvalue weighted by Gasteiger charge is 2.02. The summed E-state index contributed by atoms with van der Waals surface area (Å²) < 4.78 is 5.29. The summed E-state index contributed by atoms with van der Waals surface area (Å²) in [5.74, 6) is -0.124. The van der Waals surface area contributed by atoms with E-state index >= 15 is 0 Å². The first kappa shape index (κ1) is 14.7. The van der Waals surface area contributed by atoms with Crippen molar-refractivity contribution >= 4 is 11.6 Å². The van der Waals surface area contributed by atoms with Gasteiger partial charge in [-0.1, -0.05) is 31.9 Å². The smallest absolute Gasteiger partial charge is 0.250 e. The minimum Gasteiger partial charge on any atom is -0.372 e. The zero-order valence-corrected chi connectivity index (χ0v) is 10.9. The van der Waals surface area contributed by atoms with Crippen molar-refractivity contribution in [2.45, 2.75) is 32.7 Å². The molecule has 0 saturated heterocycles. The monoisotopic (exact) mass is 250 g/mol. The van der Waals surface area contributed by atoms with Crippen LogP contribution in [0, 0.1) is 0 Å². The fourth-order valence-electron chi connectivity index (χ4n) is 1.59. The summed E-state index contributed by atoms with van der Waals surface area (Å²) in [4.78, 5) is 11.6. The van der Waals surface area contributed by atoms with Crippen LogP contribution in [0.3, 0.4) is 0 Å². The van der Waals surface area contributed by atoms with Gasteiger partial charge in [-0.2, -0.15) is 0 Å². The fraction of sp³-hybridized carbons (Fsp3) is 0.500. The highest BCUT2D eigenvalue weighted by Crippen LogP contribution is 2.09. The fourth-order valence-corrected chi connectivity index (χ4v) is 1.59. The number of benzene rings is 1. The maximum Gasteiger partial charge on any atom is 0.250 e. The highest BCUT2D eigenvalue weighted by atomic mass is 16.5. The summed E-state index contributed by atoms with van der Waals surface area (Å²) in [5.41, 5.74) is 7.30. The third-order valence-electron chi connectivity index (χ3n) is 2.57. The molecule has 0 aliphatic rings. The maximum atomic E-state index is 11.6. The second-order valence-electron chi connectivity index (χ2n) is 4.21. The van der Waals surface area contributed by atoms with Gasteiger partial charge in [0.2, 0.25) is 5.91 Å². The summed E-state index contributed by atoms with van der Waals surface area (Å²) in [6, 6.07) is 7.51. The van der Waals surface area contributed by atoms with Gasteiger partial charge in [-0.05, 0) is 24.1 Å². The van der Waals surface area contributed by atoms with Crippen LogP contribution >= 0.6 is 0 Å². The van der Waals surface area contributed by atoms with Gasteiger partial charge >= 0.3 is 0 Å². The number of ether oxygens (including phenoxy) is 1. The Hall–Kier alpha value is -1.39. The lowest BCUT2D eigenvalue weighted by Crippen LogP contribution is -2.18. The first-order valence-corrected chi connectivity index (χ1v) is 6.43. The molecule has 1 amide bonds. The minimum atomic E-state index is -0.124. The quantitative estimate of drug-likeness (QED) is 0.696. The van der Waals surface area contributed by atoms with E-state index < -0.39 is 0 Å². The predicted octanol–water partition coefficient (Wildman–Crippen LogP) is 2.29. The van der Waals surface area contributed by atoms with Crippen LogP contribution in [0.25, 0.3) is 0 Å². The molecule has 0 aliphatic carbocycles. The zero-order valence-electron chi connectivity index (χ0n) is 10.9. The number of nitrogens with one attached hydrogen (secondary N) is 1. The van der Waals surface area contributed by atoms with Crippen LogP contribution < -0.4 is 11.1 Å². The molecule has 0 radical (unpaired) electrons. The van der Waals surface area contributed by atoms with E-state index in [0.717, 1.165) is 30.5 Å². The molecule has 0 aromatic heterocycles. The Morgan fingerprint density at radius 3 is 2.94 bits per heavy atom. The van der Waals surface area contributed by atoms with Gasteiger partial charge < -0.3 is 15.8 Å². The normalized spacial score (nSPS) is 10.3. The lowest BCUT2D eigenvalue weighted by molar-refractivity contribution is -0.120.